The highest BCUT2D eigenvalue weighted by Crippen LogP contribution is 2.40. The van der Waals surface area contributed by atoms with Crippen LogP contribution >= 0.6 is 0 Å². The number of aliphatic hydroxyl groups is 1. The van der Waals surface area contributed by atoms with Crippen LogP contribution in [0.5, 0.6) is 0 Å². The minimum absolute atomic E-state index is 0.0314. The van der Waals surface area contributed by atoms with Crippen LogP contribution in [0.3, 0.4) is 0 Å². The fourth-order valence-corrected chi connectivity index (χ4v) is 6.98. The summed E-state index contributed by atoms with van der Waals surface area (Å²) in [5.41, 5.74) is 0.915. The van der Waals surface area contributed by atoms with Gasteiger partial charge in [0.2, 0.25) is 12.2 Å². The van der Waals surface area contributed by atoms with Gasteiger partial charge in [-0.25, -0.2) is 0 Å². The Morgan fingerprint density at radius 2 is 1.73 bits per heavy atom. The van der Waals surface area contributed by atoms with Crippen LogP contribution in [0.15, 0.2) is 81.9 Å². The molecule has 3 unspecified atom stereocenters. The van der Waals surface area contributed by atoms with Crippen LogP contribution in [-0.4, -0.2) is 93.0 Å². The van der Waals surface area contributed by atoms with E-state index in [4.69, 9.17) is 28.5 Å². The zero-order valence-corrected chi connectivity index (χ0v) is 27.2. The Balaban J connectivity index is 1.25. The number of anilines is 1. The number of hydrogen-bond acceptors (Lipinski definition) is 10. The van der Waals surface area contributed by atoms with E-state index in [1.54, 1.807) is 29.2 Å². The van der Waals surface area contributed by atoms with Gasteiger partial charge in [-0.05, 0) is 56.5 Å². The standard InChI is InChI=1S/C36H43N3O9/c1-2-46-34-26(12-18-44-20-21-45-19-17-40)28(29-23-47-30-11-7-6-10-27(30)32(29)41)22-31(48-34)33(42)38-15-13-36(14-16-38)35(43)37-24-39(36)25-8-4-3-5-9-25/h3-11,22-23,26,28,34,40H,2,12-21,24H2,1H3,(H,37,43). The molecule has 4 heterocycles. The van der Waals surface area contributed by atoms with Crippen molar-refractivity contribution < 1.29 is 38.1 Å². The van der Waals surface area contributed by atoms with Crippen molar-refractivity contribution in [1.82, 2.24) is 10.2 Å². The van der Waals surface area contributed by atoms with Crippen molar-refractivity contribution in [1.29, 1.82) is 0 Å². The largest absolute Gasteiger partial charge is 0.464 e. The number of rotatable bonds is 13. The number of nitrogens with one attached hydrogen (secondary N) is 1. The highest BCUT2D eigenvalue weighted by Gasteiger charge is 2.51. The van der Waals surface area contributed by atoms with E-state index >= 15 is 0 Å². The second-order valence-electron chi connectivity index (χ2n) is 12.2. The molecule has 2 N–H and O–H groups in total. The number of carbonyl (C=O) groups excluding carboxylic acids is 2. The molecule has 12 heteroatoms. The molecule has 2 aromatic carbocycles. The van der Waals surface area contributed by atoms with Crippen molar-refractivity contribution in [3.8, 4) is 0 Å². The number of aliphatic hydroxyl groups excluding tert-OH is 1. The van der Waals surface area contributed by atoms with Gasteiger partial charge in [0.05, 0.1) is 44.7 Å². The third-order valence-electron chi connectivity index (χ3n) is 9.48. The maximum atomic E-state index is 14.1. The Hall–Kier alpha value is -4.23. The fraction of sp³-hybridized carbons (Fsp3) is 0.472. The molecular formula is C36H43N3O9. The van der Waals surface area contributed by atoms with Crippen LogP contribution in [0, 0.1) is 5.92 Å². The van der Waals surface area contributed by atoms with Gasteiger partial charge >= 0.3 is 0 Å². The topological polar surface area (TPSA) is 140 Å². The molecule has 0 radical (unpaired) electrons. The number of amides is 2. The number of carbonyl (C=O) groups is 2. The van der Waals surface area contributed by atoms with Crippen molar-refractivity contribution in [3.63, 3.8) is 0 Å². The second-order valence-corrected chi connectivity index (χ2v) is 12.2. The number of benzene rings is 2. The van der Waals surface area contributed by atoms with Crippen LogP contribution in [0.1, 0.15) is 37.7 Å². The number of hydrogen-bond donors (Lipinski definition) is 2. The molecule has 2 saturated heterocycles. The maximum Gasteiger partial charge on any atom is 0.288 e. The van der Waals surface area contributed by atoms with E-state index in [0.29, 0.717) is 82.0 Å². The number of likely N-dealkylation sites (tertiary alicyclic amines) is 1. The first-order valence-electron chi connectivity index (χ1n) is 16.6. The molecule has 6 rings (SSSR count). The van der Waals surface area contributed by atoms with Gasteiger partial charge in [0.1, 0.15) is 11.1 Å². The van der Waals surface area contributed by atoms with Crippen LogP contribution in [-0.2, 0) is 28.5 Å². The predicted molar refractivity (Wildman–Crippen MR) is 177 cm³/mol. The van der Waals surface area contributed by atoms with Gasteiger partial charge in [-0.1, -0.05) is 30.3 Å². The van der Waals surface area contributed by atoms with Crippen LogP contribution < -0.4 is 15.6 Å². The third-order valence-corrected chi connectivity index (χ3v) is 9.48. The molecule has 0 bridgehead atoms. The molecule has 1 spiro atoms. The van der Waals surface area contributed by atoms with Gasteiger partial charge in [-0.2, -0.15) is 0 Å². The number of piperidine rings is 1. The summed E-state index contributed by atoms with van der Waals surface area (Å²) in [7, 11) is 0. The molecule has 2 amide bonds. The first kappa shape index (κ1) is 33.7. The highest BCUT2D eigenvalue weighted by molar-refractivity contribution is 5.95. The minimum Gasteiger partial charge on any atom is -0.464 e. The lowest BCUT2D eigenvalue weighted by Crippen LogP contribution is -2.57. The molecule has 2 fully saturated rings. The molecule has 0 saturated carbocycles. The lowest BCUT2D eigenvalue weighted by molar-refractivity contribution is -0.172. The normalized spacial score (nSPS) is 22.1. The molecule has 12 nitrogen and oxygen atoms in total. The Labute approximate surface area is 279 Å². The number of ether oxygens (including phenoxy) is 4. The second kappa shape index (κ2) is 15.3. The molecule has 3 aliphatic rings. The van der Waals surface area contributed by atoms with Crippen molar-refractivity contribution in [2.45, 2.75) is 43.9 Å². The summed E-state index contributed by atoms with van der Waals surface area (Å²) >= 11 is 0. The molecule has 0 aliphatic carbocycles. The van der Waals surface area contributed by atoms with Gasteiger partial charge in [-0.15, -0.1) is 0 Å². The molecule has 3 aliphatic heterocycles. The third kappa shape index (κ3) is 6.84. The van der Waals surface area contributed by atoms with Crippen molar-refractivity contribution in [3.05, 3.63) is 88.5 Å². The quantitative estimate of drug-likeness (QED) is 0.263. The lowest BCUT2D eigenvalue weighted by Gasteiger charge is -2.44. The first-order chi connectivity index (χ1) is 23.5. The van der Waals surface area contributed by atoms with E-state index in [9.17, 15) is 14.4 Å². The zero-order chi connectivity index (χ0) is 33.5. The average molecular weight is 662 g/mol. The van der Waals surface area contributed by atoms with Gasteiger partial charge in [0.25, 0.3) is 5.91 Å². The number of fused-ring (bicyclic) bond motifs is 1. The van der Waals surface area contributed by atoms with Crippen molar-refractivity contribution in [2.24, 2.45) is 5.92 Å². The fourth-order valence-electron chi connectivity index (χ4n) is 6.98. The summed E-state index contributed by atoms with van der Waals surface area (Å²) in [6, 6.07) is 16.9. The van der Waals surface area contributed by atoms with Gasteiger partial charge in [0.15, 0.2) is 11.2 Å². The molecule has 48 heavy (non-hydrogen) atoms. The SMILES string of the molecule is CCOC1OC(C(=O)N2CCC3(CC2)C(=O)NCN3c2ccccc2)=CC(c2coc3ccccc3c2=O)C1CCOCCOCCO. The number of para-hydroxylation sites is 2. The Morgan fingerprint density at radius 3 is 2.48 bits per heavy atom. The van der Waals surface area contributed by atoms with Crippen LogP contribution in [0.2, 0.25) is 0 Å². The van der Waals surface area contributed by atoms with Crippen molar-refractivity contribution in [2.75, 3.05) is 64.3 Å². The minimum atomic E-state index is -0.825. The molecule has 256 valence electrons. The summed E-state index contributed by atoms with van der Waals surface area (Å²) in [6.45, 7) is 4.50. The van der Waals surface area contributed by atoms with E-state index in [1.807, 2.05) is 43.3 Å². The first-order valence-corrected chi connectivity index (χ1v) is 16.6. The lowest BCUT2D eigenvalue weighted by atomic mass is 9.81. The highest BCUT2D eigenvalue weighted by atomic mass is 16.7. The smallest absolute Gasteiger partial charge is 0.288 e. The summed E-state index contributed by atoms with van der Waals surface area (Å²) in [6.07, 6.45) is 3.75. The summed E-state index contributed by atoms with van der Waals surface area (Å²) in [4.78, 5) is 44.9. The Bertz CT molecular complexity index is 1650. The van der Waals surface area contributed by atoms with Crippen LogP contribution in [0.4, 0.5) is 5.69 Å². The monoisotopic (exact) mass is 661 g/mol. The van der Waals surface area contributed by atoms with Gasteiger partial charge in [-0.3, -0.25) is 14.4 Å². The number of allylic oxidation sites excluding steroid dienone is 1. The van der Waals surface area contributed by atoms with E-state index in [-0.39, 0.29) is 42.1 Å². The van der Waals surface area contributed by atoms with Crippen LogP contribution in [0.25, 0.3) is 11.0 Å². The van der Waals surface area contributed by atoms with Crippen molar-refractivity contribution >= 4 is 28.5 Å². The summed E-state index contributed by atoms with van der Waals surface area (Å²) in [5.74, 6) is -1.17. The Kier molecular flexibility index (Phi) is 10.8. The van der Waals surface area contributed by atoms with E-state index in [0.717, 1.165) is 5.69 Å². The summed E-state index contributed by atoms with van der Waals surface area (Å²) in [5, 5.41) is 12.4. The molecule has 1 aromatic heterocycles. The Morgan fingerprint density at radius 1 is 1.00 bits per heavy atom. The van der Waals surface area contributed by atoms with Gasteiger partial charge < -0.3 is 43.6 Å². The van der Waals surface area contributed by atoms with E-state index in [2.05, 4.69) is 10.2 Å². The molecule has 3 aromatic rings. The summed E-state index contributed by atoms with van der Waals surface area (Å²) < 4.78 is 29.4. The molecule has 3 atom stereocenters. The van der Waals surface area contributed by atoms with E-state index < -0.39 is 17.7 Å². The molecular weight excluding hydrogens is 618 g/mol. The van der Waals surface area contributed by atoms with E-state index in [1.165, 1.54) is 6.26 Å². The predicted octanol–water partition coefficient (Wildman–Crippen LogP) is 3.14. The number of nitrogens with zero attached hydrogens (tertiary/aromatic N) is 2. The van der Waals surface area contributed by atoms with Gasteiger partial charge in [0, 0.05) is 49.4 Å². The zero-order valence-electron chi connectivity index (χ0n) is 27.2. The average Bonchev–Trinajstić information content (AvgIpc) is 3.43. The maximum absolute atomic E-state index is 14.1.